The molecule has 0 radical (unpaired) electrons. The van der Waals surface area contributed by atoms with Crippen LogP contribution in [0.5, 0.6) is 0 Å². The number of aryl methyl sites for hydroxylation is 2. The van der Waals surface area contributed by atoms with E-state index in [1.807, 2.05) is 67.9 Å². The molecule has 1 aliphatic rings. The summed E-state index contributed by atoms with van der Waals surface area (Å²) in [7, 11) is 0. The van der Waals surface area contributed by atoms with Crippen molar-refractivity contribution in [2.24, 2.45) is 0 Å². The second-order valence-electron chi connectivity index (χ2n) is 9.51. The van der Waals surface area contributed by atoms with E-state index in [1.54, 1.807) is 28.0 Å². The average molecular weight is 531 g/mol. The predicted octanol–water partition coefficient (Wildman–Crippen LogP) is 5.91. The number of nitrogens with zero attached hydrogens (tertiary/aromatic N) is 3. The van der Waals surface area contributed by atoms with E-state index in [4.69, 9.17) is 5.10 Å². The number of thioether (sulfide) groups is 1. The Bertz CT molecular complexity index is 1440. The van der Waals surface area contributed by atoms with E-state index >= 15 is 0 Å². The van der Waals surface area contributed by atoms with Gasteiger partial charge in [-0.15, -0.1) is 23.1 Å². The summed E-state index contributed by atoms with van der Waals surface area (Å²) in [4.78, 5) is 29.5. The number of nitrogens with one attached hydrogen (secondary N) is 1. The Morgan fingerprint density at radius 3 is 2.46 bits per heavy atom. The minimum Gasteiger partial charge on any atom is -0.352 e. The van der Waals surface area contributed by atoms with Gasteiger partial charge in [-0.3, -0.25) is 14.5 Å². The van der Waals surface area contributed by atoms with E-state index < -0.39 is 0 Å². The normalized spacial score (nSPS) is 15.5. The predicted molar refractivity (Wildman–Crippen MR) is 153 cm³/mol. The number of anilines is 1. The minimum atomic E-state index is -0.191. The van der Waals surface area contributed by atoms with Crippen LogP contribution in [0.15, 0.2) is 66.0 Å². The molecule has 2 aromatic carbocycles. The molecular formula is C29H30N4O2S2. The standard InChI is InChI=1S/C29H30N4O2S2/c1-18(2)30-23(34)16-32-24(35)17-37-28(27-20(4)14-15-36-27)25-26(21-11-6-5-7-12-21)31-33(29(25)32)22-13-9-8-10-19(22)3/h5-15,18,28H,16-17H2,1-4H3,(H,30,34). The third-order valence-electron chi connectivity index (χ3n) is 6.37. The Hall–Kier alpha value is -3.36. The van der Waals surface area contributed by atoms with Gasteiger partial charge in [0.1, 0.15) is 12.4 Å². The number of thiophene rings is 1. The maximum atomic E-state index is 13.7. The van der Waals surface area contributed by atoms with E-state index in [2.05, 4.69) is 35.8 Å². The number of hydrogen-bond acceptors (Lipinski definition) is 5. The Kier molecular flexibility index (Phi) is 7.22. The van der Waals surface area contributed by atoms with Gasteiger partial charge >= 0.3 is 0 Å². The van der Waals surface area contributed by atoms with Crippen LogP contribution >= 0.6 is 23.1 Å². The molecule has 37 heavy (non-hydrogen) atoms. The lowest BCUT2D eigenvalue weighted by Crippen LogP contribution is -2.44. The van der Waals surface area contributed by atoms with Crippen molar-refractivity contribution in [3.63, 3.8) is 0 Å². The van der Waals surface area contributed by atoms with Crippen molar-refractivity contribution in [2.75, 3.05) is 17.2 Å². The van der Waals surface area contributed by atoms with Gasteiger partial charge < -0.3 is 5.32 Å². The summed E-state index contributed by atoms with van der Waals surface area (Å²) in [6.07, 6.45) is 0. The van der Waals surface area contributed by atoms with Gasteiger partial charge in [-0.05, 0) is 56.3 Å². The summed E-state index contributed by atoms with van der Waals surface area (Å²) >= 11 is 3.31. The second kappa shape index (κ2) is 10.6. The monoisotopic (exact) mass is 530 g/mol. The van der Waals surface area contributed by atoms with Gasteiger partial charge in [-0.1, -0.05) is 48.5 Å². The Morgan fingerprint density at radius 2 is 1.78 bits per heavy atom. The fourth-order valence-electron chi connectivity index (χ4n) is 4.67. The van der Waals surface area contributed by atoms with Gasteiger partial charge in [0, 0.05) is 22.0 Å². The second-order valence-corrected chi connectivity index (χ2v) is 11.6. The van der Waals surface area contributed by atoms with Crippen LogP contribution in [-0.4, -0.2) is 39.9 Å². The Balaban J connectivity index is 1.82. The molecule has 0 fully saturated rings. The van der Waals surface area contributed by atoms with Crippen molar-refractivity contribution in [3.05, 3.63) is 87.6 Å². The molecule has 1 aliphatic heterocycles. The molecule has 1 unspecified atom stereocenters. The quantitative estimate of drug-likeness (QED) is 0.337. The molecule has 2 aromatic heterocycles. The highest BCUT2D eigenvalue weighted by atomic mass is 32.2. The lowest BCUT2D eigenvalue weighted by Gasteiger charge is -2.24. The molecule has 3 heterocycles. The van der Waals surface area contributed by atoms with Crippen LogP contribution in [0.2, 0.25) is 0 Å². The molecular weight excluding hydrogens is 500 g/mol. The molecule has 0 saturated heterocycles. The van der Waals surface area contributed by atoms with Crippen molar-refractivity contribution in [2.45, 2.75) is 39.0 Å². The first kappa shape index (κ1) is 25.3. The van der Waals surface area contributed by atoms with Crippen molar-refractivity contribution >= 4 is 40.7 Å². The van der Waals surface area contributed by atoms with E-state index in [0.29, 0.717) is 5.82 Å². The molecule has 190 valence electrons. The zero-order valence-corrected chi connectivity index (χ0v) is 23.0. The van der Waals surface area contributed by atoms with Gasteiger partial charge in [0.2, 0.25) is 11.8 Å². The molecule has 8 heteroatoms. The van der Waals surface area contributed by atoms with Crippen molar-refractivity contribution in [1.29, 1.82) is 0 Å². The van der Waals surface area contributed by atoms with E-state index in [-0.39, 0.29) is 35.4 Å². The third-order valence-corrected chi connectivity index (χ3v) is 8.82. The number of fused-ring (bicyclic) bond motifs is 1. The van der Waals surface area contributed by atoms with E-state index in [1.165, 1.54) is 10.4 Å². The number of carbonyl (C=O) groups excluding carboxylic acids is 2. The summed E-state index contributed by atoms with van der Waals surface area (Å²) in [6.45, 7) is 7.93. The smallest absolute Gasteiger partial charge is 0.240 e. The summed E-state index contributed by atoms with van der Waals surface area (Å²) in [5.41, 5.74) is 5.88. The van der Waals surface area contributed by atoms with Crippen molar-refractivity contribution in [3.8, 4) is 16.9 Å². The summed E-state index contributed by atoms with van der Waals surface area (Å²) < 4.78 is 1.87. The number of aromatic nitrogens is 2. The number of para-hydroxylation sites is 1. The van der Waals surface area contributed by atoms with E-state index in [9.17, 15) is 9.59 Å². The molecule has 0 bridgehead atoms. The topological polar surface area (TPSA) is 67.2 Å². The molecule has 1 N–H and O–H groups in total. The van der Waals surface area contributed by atoms with Crippen LogP contribution in [-0.2, 0) is 9.59 Å². The zero-order valence-electron chi connectivity index (χ0n) is 21.4. The number of amides is 2. The summed E-state index contributed by atoms with van der Waals surface area (Å²) in [5.74, 6) is 0.646. The maximum absolute atomic E-state index is 13.7. The Labute approximate surface area is 225 Å². The van der Waals surface area contributed by atoms with Crippen molar-refractivity contribution < 1.29 is 9.59 Å². The highest BCUT2D eigenvalue weighted by molar-refractivity contribution is 8.00. The number of benzene rings is 2. The fraction of sp³-hybridized carbons (Fsp3) is 0.276. The van der Waals surface area contributed by atoms with Gasteiger partial charge in [0.25, 0.3) is 0 Å². The SMILES string of the molecule is Cc1ccccc1-n1nc(-c2ccccc2)c2c1N(CC(=O)NC(C)C)C(=O)CSC2c1sccc1C. The van der Waals surface area contributed by atoms with E-state index in [0.717, 1.165) is 28.1 Å². The maximum Gasteiger partial charge on any atom is 0.240 e. The highest BCUT2D eigenvalue weighted by Crippen LogP contribution is 2.50. The fourth-order valence-corrected chi connectivity index (χ4v) is 7.14. The van der Waals surface area contributed by atoms with Crippen LogP contribution < -0.4 is 10.2 Å². The molecule has 5 rings (SSSR count). The van der Waals surface area contributed by atoms with Gasteiger partial charge in [0.15, 0.2) is 0 Å². The largest absolute Gasteiger partial charge is 0.352 e. The summed E-state index contributed by atoms with van der Waals surface area (Å²) in [5, 5.41) is 10.1. The molecule has 0 spiro atoms. The van der Waals surface area contributed by atoms with Crippen LogP contribution in [0.25, 0.3) is 16.9 Å². The number of rotatable bonds is 6. The van der Waals surface area contributed by atoms with Gasteiger partial charge in [0.05, 0.1) is 22.4 Å². The van der Waals surface area contributed by atoms with Crippen LogP contribution in [0, 0.1) is 13.8 Å². The molecule has 4 aromatic rings. The molecule has 1 atom stereocenters. The molecule has 0 aliphatic carbocycles. The van der Waals surface area contributed by atoms with Crippen molar-refractivity contribution in [1.82, 2.24) is 15.1 Å². The first-order chi connectivity index (χ1) is 17.8. The molecule has 0 saturated carbocycles. The zero-order chi connectivity index (χ0) is 26.1. The Morgan fingerprint density at radius 1 is 1.05 bits per heavy atom. The summed E-state index contributed by atoms with van der Waals surface area (Å²) in [6, 6.07) is 20.2. The lowest BCUT2D eigenvalue weighted by atomic mass is 10.0. The highest BCUT2D eigenvalue weighted by Gasteiger charge is 2.38. The lowest BCUT2D eigenvalue weighted by molar-refractivity contribution is -0.123. The average Bonchev–Trinajstić information content (AvgIpc) is 3.44. The molecule has 2 amide bonds. The van der Waals surface area contributed by atoms with Crippen LogP contribution in [0.1, 0.15) is 40.7 Å². The minimum absolute atomic E-state index is 0.0221. The number of carbonyl (C=O) groups is 2. The third kappa shape index (κ3) is 4.95. The van der Waals surface area contributed by atoms with Gasteiger partial charge in [-0.25, -0.2) is 4.68 Å². The van der Waals surface area contributed by atoms with Gasteiger partial charge in [-0.2, -0.15) is 5.10 Å². The first-order valence-electron chi connectivity index (χ1n) is 12.3. The molecule has 6 nitrogen and oxygen atoms in total. The first-order valence-corrected chi connectivity index (χ1v) is 14.3. The number of hydrogen-bond donors (Lipinski definition) is 1. The van der Waals surface area contributed by atoms with Crippen LogP contribution in [0.3, 0.4) is 0 Å². The van der Waals surface area contributed by atoms with Crippen LogP contribution in [0.4, 0.5) is 5.82 Å².